The summed E-state index contributed by atoms with van der Waals surface area (Å²) in [5.41, 5.74) is 2.90. The van der Waals surface area contributed by atoms with Crippen LogP contribution in [0.1, 0.15) is 36.3 Å². The van der Waals surface area contributed by atoms with Gasteiger partial charge < -0.3 is 5.32 Å². The van der Waals surface area contributed by atoms with Gasteiger partial charge in [0.1, 0.15) is 5.69 Å². The molecule has 2 aromatic carbocycles. The number of pyridine rings is 1. The molecule has 1 N–H and O–H groups in total. The molecule has 0 radical (unpaired) electrons. The topological polar surface area (TPSA) is 42.0 Å². The van der Waals surface area contributed by atoms with Crippen molar-refractivity contribution in [2.75, 3.05) is 0 Å². The zero-order chi connectivity index (χ0) is 18.0. The normalized spacial score (nSPS) is 12.2. The molecular weight excluding hydrogens is 332 g/mol. The van der Waals surface area contributed by atoms with E-state index < -0.39 is 0 Å². The van der Waals surface area contributed by atoms with Crippen molar-refractivity contribution >= 4 is 28.3 Å². The number of carbonyl (C=O) groups is 1. The van der Waals surface area contributed by atoms with Crippen LogP contribution in [-0.4, -0.2) is 16.9 Å². The number of carbonyl (C=O) groups excluding carboxylic acids is 1. The van der Waals surface area contributed by atoms with Crippen LogP contribution in [0.15, 0.2) is 48.5 Å². The minimum atomic E-state index is -0.147. The van der Waals surface area contributed by atoms with E-state index in [0.717, 1.165) is 34.0 Å². The van der Waals surface area contributed by atoms with Crippen LogP contribution in [0, 0.1) is 6.92 Å². The molecule has 3 aromatic rings. The van der Waals surface area contributed by atoms with Crippen molar-refractivity contribution in [3.05, 3.63) is 64.8 Å². The van der Waals surface area contributed by atoms with E-state index in [-0.39, 0.29) is 11.9 Å². The van der Waals surface area contributed by atoms with E-state index in [1.807, 2.05) is 69.3 Å². The van der Waals surface area contributed by atoms with Crippen LogP contribution >= 0.6 is 11.6 Å². The highest BCUT2D eigenvalue weighted by Gasteiger charge is 2.19. The molecule has 0 saturated heterocycles. The summed E-state index contributed by atoms with van der Waals surface area (Å²) >= 11 is 6.40. The molecule has 1 atom stereocenters. The molecule has 1 heterocycles. The Kier molecular flexibility index (Phi) is 5.05. The molecule has 25 heavy (non-hydrogen) atoms. The van der Waals surface area contributed by atoms with Crippen molar-refractivity contribution in [2.24, 2.45) is 0 Å². The van der Waals surface area contributed by atoms with Gasteiger partial charge in [-0.1, -0.05) is 61.0 Å². The van der Waals surface area contributed by atoms with Crippen molar-refractivity contribution in [1.29, 1.82) is 0 Å². The maximum Gasteiger partial charge on any atom is 0.270 e. The SMILES string of the molecule is CCC(C)NC(=O)c1nc(-c2ccccc2Cl)c2ccccc2c1C. The number of fused-ring (bicyclic) bond motifs is 1. The van der Waals surface area contributed by atoms with E-state index >= 15 is 0 Å². The second-order valence-corrected chi connectivity index (χ2v) is 6.65. The zero-order valence-corrected chi connectivity index (χ0v) is 15.4. The molecule has 1 amide bonds. The molecule has 0 bridgehead atoms. The van der Waals surface area contributed by atoms with Gasteiger partial charge in [0.05, 0.1) is 5.69 Å². The summed E-state index contributed by atoms with van der Waals surface area (Å²) in [6, 6.07) is 15.7. The number of hydrogen-bond acceptors (Lipinski definition) is 2. The van der Waals surface area contributed by atoms with Gasteiger partial charge in [-0.15, -0.1) is 0 Å². The summed E-state index contributed by atoms with van der Waals surface area (Å²) < 4.78 is 0. The van der Waals surface area contributed by atoms with E-state index in [9.17, 15) is 4.79 Å². The lowest BCUT2D eigenvalue weighted by molar-refractivity contribution is 0.0934. The lowest BCUT2D eigenvalue weighted by Gasteiger charge is -2.16. The minimum Gasteiger partial charge on any atom is -0.348 e. The first kappa shape index (κ1) is 17.4. The first-order valence-corrected chi connectivity index (χ1v) is 8.85. The fraction of sp³-hybridized carbons (Fsp3) is 0.238. The summed E-state index contributed by atoms with van der Waals surface area (Å²) in [5, 5.41) is 5.64. The second-order valence-electron chi connectivity index (χ2n) is 6.24. The summed E-state index contributed by atoms with van der Waals surface area (Å²) in [5.74, 6) is -0.147. The highest BCUT2D eigenvalue weighted by Crippen LogP contribution is 2.34. The molecule has 4 heteroatoms. The van der Waals surface area contributed by atoms with Gasteiger partial charge in [-0.2, -0.15) is 0 Å². The van der Waals surface area contributed by atoms with Crippen LogP contribution < -0.4 is 5.32 Å². The third-order valence-electron chi connectivity index (χ3n) is 4.50. The van der Waals surface area contributed by atoms with E-state index in [2.05, 4.69) is 5.32 Å². The molecular formula is C21H21ClN2O. The smallest absolute Gasteiger partial charge is 0.270 e. The van der Waals surface area contributed by atoms with Gasteiger partial charge >= 0.3 is 0 Å². The Labute approximate surface area is 153 Å². The average Bonchev–Trinajstić information content (AvgIpc) is 2.63. The summed E-state index contributed by atoms with van der Waals surface area (Å²) in [6.45, 7) is 5.97. The van der Waals surface area contributed by atoms with E-state index in [0.29, 0.717) is 10.7 Å². The van der Waals surface area contributed by atoms with Gasteiger partial charge in [-0.3, -0.25) is 4.79 Å². The van der Waals surface area contributed by atoms with Crippen molar-refractivity contribution in [3.8, 4) is 11.3 Å². The lowest BCUT2D eigenvalue weighted by Crippen LogP contribution is -2.33. The Bertz CT molecular complexity index is 936. The largest absolute Gasteiger partial charge is 0.348 e. The monoisotopic (exact) mass is 352 g/mol. The predicted molar refractivity (Wildman–Crippen MR) is 104 cm³/mol. The number of amides is 1. The molecule has 3 rings (SSSR count). The molecule has 0 aliphatic heterocycles. The molecule has 0 spiro atoms. The zero-order valence-electron chi connectivity index (χ0n) is 14.6. The predicted octanol–water partition coefficient (Wildman–Crippen LogP) is 5.39. The lowest BCUT2D eigenvalue weighted by atomic mass is 9.98. The summed E-state index contributed by atoms with van der Waals surface area (Å²) in [6.07, 6.45) is 0.871. The van der Waals surface area contributed by atoms with Gasteiger partial charge in [0.15, 0.2) is 0 Å². The quantitative estimate of drug-likeness (QED) is 0.683. The van der Waals surface area contributed by atoms with Gasteiger partial charge in [0, 0.05) is 22.0 Å². The maximum absolute atomic E-state index is 12.7. The number of rotatable bonds is 4. The first-order chi connectivity index (χ1) is 12.0. The van der Waals surface area contributed by atoms with Crippen LogP contribution in [0.4, 0.5) is 0 Å². The Hall–Kier alpha value is -2.39. The highest BCUT2D eigenvalue weighted by atomic mass is 35.5. The molecule has 3 nitrogen and oxygen atoms in total. The van der Waals surface area contributed by atoms with E-state index in [1.54, 1.807) is 0 Å². The third kappa shape index (κ3) is 3.38. The Morgan fingerprint density at radius 3 is 2.44 bits per heavy atom. The number of nitrogens with zero attached hydrogens (tertiary/aromatic N) is 1. The van der Waals surface area contributed by atoms with Gasteiger partial charge in [-0.05, 0) is 37.3 Å². The van der Waals surface area contributed by atoms with Crippen molar-refractivity contribution < 1.29 is 4.79 Å². The van der Waals surface area contributed by atoms with Crippen LogP contribution in [-0.2, 0) is 0 Å². The maximum atomic E-state index is 12.7. The number of nitrogens with one attached hydrogen (secondary N) is 1. The number of benzene rings is 2. The molecule has 0 aliphatic carbocycles. The number of halogens is 1. The third-order valence-corrected chi connectivity index (χ3v) is 4.83. The second kappa shape index (κ2) is 7.24. The van der Waals surface area contributed by atoms with Crippen LogP contribution in [0.25, 0.3) is 22.0 Å². The van der Waals surface area contributed by atoms with E-state index in [4.69, 9.17) is 16.6 Å². The van der Waals surface area contributed by atoms with Gasteiger partial charge in [0.25, 0.3) is 5.91 Å². The van der Waals surface area contributed by atoms with E-state index in [1.165, 1.54) is 0 Å². The molecule has 0 saturated carbocycles. The highest BCUT2D eigenvalue weighted by molar-refractivity contribution is 6.33. The van der Waals surface area contributed by atoms with Crippen molar-refractivity contribution in [3.63, 3.8) is 0 Å². The summed E-state index contributed by atoms with van der Waals surface area (Å²) in [7, 11) is 0. The number of hydrogen-bond donors (Lipinski definition) is 1. The van der Waals surface area contributed by atoms with Crippen LogP contribution in [0.2, 0.25) is 5.02 Å². The fourth-order valence-corrected chi connectivity index (χ4v) is 3.10. The van der Waals surface area contributed by atoms with Gasteiger partial charge in [0.2, 0.25) is 0 Å². The van der Waals surface area contributed by atoms with Crippen LogP contribution in [0.3, 0.4) is 0 Å². The Morgan fingerprint density at radius 1 is 1.12 bits per heavy atom. The fourth-order valence-electron chi connectivity index (χ4n) is 2.87. The minimum absolute atomic E-state index is 0.101. The molecule has 128 valence electrons. The van der Waals surface area contributed by atoms with Crippen molar-refractivity contribution in [2.45, 2.75) is 33.2 Å². The first-order valence-electron chi connectivity index (χ1n) is 8.48. The number of aryl methyl sites for hydroxylation is 1. The standard InChI is InChI=1S/C21H21ClN2O/c1-4-13(2)23-21(25)19-14(3)15-9-5-6-10-16(15)20(24-19)17-11-7-8-12-18(17)22/h5-13H,4H2,1-3H3,(H,23,25). The van der Waals surface area contributed by atoms with Crippen molar-refractivity contribution in [1.82, 2.24) is 10.3 Å². The molecule has 1 aromatic heterocycles. The molecule has 0 fully saturated rings. The van der Waals surface area contributed by atoms with Crippen LogP contribution in [0.5, 0.6) is 0 Å². The number of aromatic nitrogens is 1. The summed E-state index contributed by atoms with van der Waals surface area (Å²) in [4.78, 5) is 17.5. The Morgan fingerprint density at radius 2 is 1.76 bits per heavy atom. The Balaban J connectivity index is 2.25. The van der Waals surface area contributed by atoms with Gasteiger partial charge in [-0.25, -0.2) is 4.98 Å². The molecule has 1 unspecified atom stereocenters. The average molecular weight is 353 g/mol. The molecule has 0 aliphatic rings.